The molecule has 0 radical (unpaired) electrons. The Morgan fingerprint density at radius 3 is 2.59 bits per heavy atom. The summed E-state index contributed by atoms with van der Waals surface area (Å²) in [5.41, 5.74) is 1.59. The molecule has 1 saturated carbocycles. The van der Waals surface area contributed by atoms with E-state index in [-0.39, 0.29) is 17.7 Å². The van der Waals surface area contributed by atoms with E-state index in [9.17, 15) is 9.59 Å². The lowest BCUT2D eigenvalue weighted by molar-refractivity contribution is -0.123. The molecule has 1 fully saturated rings. The standard InChI is InChI=1S/C28H30N6O5/c1-37-22-11-6-8-19(16-22)26(27(35)30-20-9-4-3-5-10-20)34(28(36)24-12-7-15-39-24)21-13-14-23(25(17-21)38-2)33-18-29-31-32-33/h6-8,11-18,20,26H,3-5,9-10H2,1-2H3,(H,30,35)/t26-/m0/s1. The molecule has 39 heavy (non-hydrogen) atoms. The zero-order chi connectivity index (χ0) is 27.2. The Labute approximate surface area is 225 Å². The number of nitrogens with zero attached hydrogens (tertiary/aromatic N) is 5. The summed E-state index contributed by atoms with van der Waals surface area (Å²) in [6.45, 7) is 0. The minimum atomic E-state index is -1.02. The third kappa shape index (κ3) is 5.62. The van der Waals surface area contributed by atoms with E-state index in [1.54, 1.807) is 55.6 Å². The van der Waals surface area contributed by atoms with Crippen LogP contribution in [0.15, 0.2) is 71.6 Å². The van der Waals surface area contributed by atoms with Crippen molar-refractivity contribution in [1.29, 1.82) is 0 Å². The minimum Gasteiger partial charge on any atom is -0.497 e. The zero-order valence-electron chi connectivity index (χ0n) is 21.8. The van der Waals surface area contributed by atoms with Gasteiger partial charge in [0.1, 0.15) is 29.6 Å². The quantitative estimate of drug-likeness (QED) is 0.343. The molecule has 2 aromatic carbocycles. The van der Waals surface area contributed by atoms with Crippen LogP contribution in [0, 0.1) is 0 Å². The molecule has 1 aliphatic rings. The number of tetrazole rings is 1. The van der Waals surface area contributed by atoms with Gasteiger partial charge in [0.15, 0.2) is 5.76 Å². The van der Waals surface area contributed by atoms with E-state index in [2.05, 4.69) is 20.8 Å². The second kappa shape index (κ2) is 11.8. The molecular weight excluding hydrogens is 500 g/mol. The zero-order valence-corrected chi connectivity index (χ0v) is 21.8. The number of hydrogen-bond acceptors (Lipinski definition) is 8. The summed E-state index contributed by atoms with van der Waals surface area (Å²) >= 11 is 0. The fourth-order valence-corrected chi connectivity index (χ4v) is 4.94. The van der Waals surface area contributed by atoms with Gasteiger partial charge in [0, 0.05) is 17.8 Å². The van der Waals surface area contributed by atoms with Crippen molar-refractivity contribution in [2.75, 3.05) is 19.1 Å². The van der Waals surface area contributed by atoms with Gasteiger partial charge in [-0.2, -0.15) is 4.68 Å². The SMILES string of the molecule is COc1cccc([C@@H](C(=O)NC2CCCCC2)N(C(=O)c2ccco2)c2ccc(-n3cnnn3)c(OC)c2)c1. The predicted octanol–water partition coefficient (Wildman–Crippen LogP) is 4.11. The molecule has 2 aromatic heterocycles. The second-order valence-corrected chi connectivity index (χ2v) is 9.29. The van der Waals surface area contributed by atoms with Crippen LogP contribution < -0.4 is 19.7 Å². The molecule has 0 aliphatic heterocycles. The number of aromatic nitrogens is 4. The van der Waals surface area contributed by atoms with Gasteiger partial charge in [-0.05, 0) is 65.2 Å². The van der Waals surface area contributed by atoms with Crippen LogP contribution in [0.1, 0.15) is 54.3 Å². The maximum Gasteiger partial charge on any atom is 0.294 e. The van der Waals surface area contributed by atoms with Crippen LogP contribution in [0.25, 0.3) is 5.69 Å². The first-order valence-electron chi connectivity index (χ1n) is 12.8. The summed E-state index contributed by atoms with van der Waals surface area (Å²) in [4.78, 5) is 29.5. The average Bonchev–Trinajstić information content (AvgIpc) is 3.71. The summed E-state index contributed by atoms with van der Waals surface area (Å²) in [5.74, 6) is 0.299. The third-order valence-corrected chi connectivity index (χ3v) is 6.86. The van der Waals surface area contributed by atoms with Crippen molar-refractivity contribution in [3.63, 3.8) is 0 Å². The van der Waals surface area contributed by atoms with E-state index in [0.717, 1.165) is 32.1 Å². The molecule has 4 aromatic rings. The Kier molecular flexibility index (Phi) is 7.86. The van der Waals surface area contributed by atoms with Gasteiger partial charge in [0.25, 0.3) is 5.91 Å². The molecule has 1 N–H and O–H groups in total. The predicted molar refractivity (Wildman–Crippen MR) is 142 cm³/mol. The summed E-state index contributed by atoms with van der Waals surface area (Å²) in [6.07, 6.45) is 7.94. The smallest absolute Gasteiger partial charge is 0.294 e. The van der Waals surface area contributed by atoms with Gasteiger partial charge in [0.2, 0.25) is 5.91 Å². The van der Waals surface area contributed by atoms with E-state index >= 15 is 0 Å². The molecule has 0 unspecified atom stereocenters. The Balaban J connectivity index is 1.63. The molecule has 2 amide bonds. The number of amides is 2. The molecule has 0 spiro atoms. The highest BCUT2D eigenvalue weighted by atomic mass is 16.5. The van der Waals surface area contributed by atoms with E-state index in [1.807, 2.05) is 6.07 Å². The number of hydrogen-bond donors (Lipinski definition) is 1. The Morgan fingerprint density at radius 2 is 1.90 bits per heavy atom. The van der Waals surface area contributed by atoms with Crippen molar-refractivity contribution in [2.45, 2.75) is 44.2 Å². The lowest BCUT2D eigenvalue weighted by Crippen LogP contribution is -2.47. The molecule has 5 rings (SSSR count). The van der Waals surface area contributed by atoms with Crippen molar-refractivity contribution < 1.29 is 23.5 Å². The van der Waals surface area contributed by atoms with Crippen molar-refractivity contribution in [1.82, 2.24) is 25.5 Å². The van der Waals surface area contributed by atoms with Gasteiger partial charge in [-0.1, -0.05) is 31.4 Å². The molecule has 11 nitrogen and oxygen atoms in total. The largest absolute Gasteiger partial charge is 0.497 e. The Bertz CT molecular complexity index is 1400. The number of rotatable bonds is 9. The van der Waals surface area contributed by atoms with Crippen molar-refractivity contribution in [2.24, 2.45) is 0 Å². The molecule has 2 heterocycles. The van der Waals surface area contributed by atoms with Crippen LogP contribution in [0.5, 0.6) is 11.5 Å². The highest BCUT2D eigenvalue weighted by Crippen LogP contribution is 2.36. The van der Waals surface area contributed by atoms with Gasteiger partial charge in [0.05, 0.1) is 20.5 Å². The van der Waals surface area contributed by atoms with Crippen LogP contribution in [-0.2, 0) is 4.79 Å². The number of benzene rings is 2. The van der Waals surface area contributed by atoms with Gasteiger partial charge < -0.3 is 19.2 Å². The Morgan fingerprint density at radius 1 is 1.05 bits per heavy atom. The monoisotopic (exact) mass is 530 g/mol. The van der Waals surface area contributed by atoms with Gasteiger partial charge in [-0.25, -0.2) is 0 Å². The lowest BCUT2D eigenvalue weighted by Gasteiger charge is -2.33. The van der Waals surface area contributed by atoms with E-state index in [1.165, 1.54) is 29.3 Å². The maximum absolute atomic E-state index is 14.1. The number of nitrogens with one attached hydrogen (secondary N) is 1. The molecule has 0 bridgehead atoms. The highest BCUT2D eigenvalue weighted by molar-refractivity contribution is 6.09. The van der Waals surface area contributed by atoms with E-state index < -0.39 is 11.9 Å². The number of carbonyl (C=O) groups excluding carboxylic acids is 2. The summed E-state index contributed by atoms with van der Waals surface area (Å²) in [7, 11) is 3.07. The van der Waals surface area contributed by atoms with E-state index in [4.69, 9.17) is 13.9 Å². The summed E-state index contributed by atoms with van der Waals surface area (Å²) in [6, 6.07) is 14.5. The molecule has 11 heteroatoms. The topological polar surface area (TPSA) is 125 Å². The van der Waals surface area contributed by atoms with Crippen LogP contribution in [-0.4, -0.2) is 52.3 Å². The summed E-state index contributed by atoms with van der Waals surface area (Å²) in [5, 5.41) is 14.5. The van der Waals surface area contributed by atoms with E-state index in [0.29, 0.717) is 28.4 Å². The second-order valence-electron chi connectivity index (χ2n) is 9.29. The fraction of sp³-hybridized carbons (Fsp3) is 0.321. The first-order valence-corrected chi connectivity index (χ1v) is 12.8. The number of furan rings is 1. The average molecular weight is 531 g/mol. The summed E-state index contributed by atoms with van der Waals surface area (Å²) < 4.78 is 18.0. The normalized spacial score (nSPS) is 14.4. The van der Waals surface area contributed by atoms with Crippen LogP contribution in [0.4, 0.5) is 5.69 Å². The van der Waals surface area contributed by atoms with Gasteiger partial charge in [-0.3, -0.25) is 14.5 Å². The molecule has 1 atom stereocenters. The number of methoxy groups -OCH3 is 2. The molecule has 0 saturated heterocycles. The molecule has 1 aliphatic carbocycles. The number of carbonyl (C=O) groups is 2. The number of anilines is 1. The number of ether oxygens (including phenoxy) is 2. The molecule has 202 valence electrons. The highest BCUT2D eigenvalue weighted by Gasteiger charge is 2.36. The van der Waals surface area contributed by atoms with Crippen molar-refractivity contribution in [3.05, 3.63) is 78.5 Å². The van der Waals surface area contributed by atoms with Crippen LogP contribution in [0.3, 0.4) is 0 Å². The Hall–Kier alpha value is -4.67. The third-order valence-electron chi connectivity index (χ3n) is 6.86. The van der Waals surface area contributed by atoms with Crippen LogP contribution >= 0.6 is 0 Å². The fourth-order valence-electron chi connectivity index (χ4n) is 4.94. The minimum absolute atomic E-state index is 0.0386. The van der Waals surface area contributed by atoms with Crippen molar-refractivity contribution >= 4 is 17.5 Å². The molecular formula is C28H30N6O5. The van der Waals surface area contributed by atoms with Gasteiger partial charge >= 0.3 is 0 Å². The first-order chi connectivity index (χ1) is 19.1. The lowest BCUT2D eigenvalue weighted by atomic mass is 9.94. The first kappa shape index (κ1) is 26.0. The van der Waals surface area contributed by atoms with Crippen molar-refractivity contribution in [3.8, 4) is 17.2 Å². The van der Waals surface area contributed by atoms with Gasteiger partial charge in [-0.15, -0.1) is 5.10 Å². The van der Waals surface area contributed by atoms with Crippen LogP contribution in [0.2, 0.25) is 0 Å². The maximum atomic E-state index is 14.1.